The molecular weight excluding hydrogens is 418 g/mol. The van der Waals surface area contributed by atoms with Crippen LogP contribution in [0.1, 0.15) is 35.1 Å². The standard InChI is InChI=1S/C25H23N5O3/c31-24(21-6-5-17-3-1-2-4-20(17)27-21)30-15-19(25(16-30)9-13-32-14-10-25)23-29-28-22(33-23)18-7-11-26-12-8-18/h1-8,11-12,19H,9-10,13-16H2. The summed E-state index contributed by atoms with van der Waals surface area (Å²) in [5, 5.41) is 9.70. The number of nitrogens with zero attached hydrogens (tertiary/aromatic N) is 5. The number of aromatic nitrogens is 4. The molecule has 1 unspecified atom stereocenters. The highest BCUT2D eigenvalue weighted by molar-refractivity contribution is 5.95. The summed E-state index contributed by atoms with van der Waals surface area (Å²) in [6.07, 6.45) is 5.09. The molecule has 0 saturated carbocycles. The Morgan fingerprint density at radius 3 is 2.67 bits per heavy atom. The van der Waals surface area contributed by atoms with E-state index in [9.17, 15) is 4.79 Å². The van der Waals surface area contributed by atoms with E-state index in [-0.39, 0.29) is 17.2 Å². The van der Waals surface area contributed by atoms with Crippen molar-refractivity contribution in [1.29, 1.82) is 0 Å². The summed E-state index contributed by atoms with van der Waals surface area (Å²) < 4.78 is 11.8. The van der Waals surface area contributed by atoms with Crippen molar-refractivity contribution in [3.8, 4) is 11.5 Å². The quantitative estimate of drug-likeness (QED) is 0.478. The molecule has 0 aliphatic carbocycles. The second-order valence-corrected chi connectivity index (χ2v) is 8.78. The predicted molar refractivity (Wildman–Crippen MR) is 120 cm³/mol. The average Bonchev–Trinajstić information content (AvgIpc) is 3.50. The van der Waals surface area contributed by atoms with Gasteiger partial charge in [0.05, 0.1) is 11.4 Å². The van der Waals surface area contributed by atoms with Gasteiger partial charge in [0.15, 0.2) is 0 Å². The van der Waals surface area contributed by atoms with Gasteiger partial charge in [-0.1, -0.05) is 24.3 Å². The Morgan fingerprint density at radius 2 is 1.82 bits per heavy atom. The number of para-hydroxylation sites is 1. The maximum atomic E-state index is 13.5. The highest BCUT2D eigenvalue weighted by Gasteiger charge is 2.51. The third-order valence-electron chi connectivity index (χ3n) is 6.91. The molecule has 8 nitrogen and oxygen atoms in total. The van der Waals surface area contributed by atoms with Crippen molar-refractivity contribution in [3.63, 3.8) is 0 Å². The molecule has 3 aromatic heterocycles. The molecule has 1 aromatic carbocycles. The zero-order valence-electron chi connectivity index (χ0n) is 18.1. The van der Waals surface area contributed by atoms with Gasteiger partial charge >= 0.3 is 0 Å². The van der Waals surface area contributed by atoms with Gasteiger partial charge in [0.25, 0.3) is 5.91 Å². The lowest BCUT2D eigenvalue weighted by Gasteiger charge is -2.36. The summed E-state index contributed by atoms with van der Waals surface area (Å²) in [5.74, 6) is 0.929. The van der Waals surface area contributed by atoms with Gasteiger partial charge in [-0.25, -0.2) is 4.98 Å². The van der Waals surface area contributed by atoms with Crippen molar-refractivity contribution in [3.05, 3.63) is 72.5 Å². The number of hydrogen-bond acceptors (Lipinski definition) is 7. The van der Waals surface area contributed by atoms with Gasteiger partial charge in [0, 0.05) is 55.1 Å². The fourth-order valence-electron chi connectivity index (χ4n) is 5.08. The molecule has 2 aliphatic rings. The summed E-state index contributed by atoms with van der Waals surface area (Å²) in [6, 6.07) is 15.3. The van der Waals surface area contributed by atoms with Gasteiger partial charge in [0.2, 0.25) is 11.8 Å². The zero-order valence-corrected chi connectivity index (χ0v) is 18.1. The van der Waals surface area contributed by atoms with Crippen LogP contribution in [0.4, 0.5) is 0 Å². The molecule has 2 saturated heterocycles. The van der Waals surface area contributed by atoms with Crippen LogP contribution < -0.4 is 0 Å². The maximum Gasteiger partial charge on any atom is 0.272 e. The number of ether oxygens (including phenoxy) is 1. The molecule has 2 aliphatic heterocycles. The summed E-state index contributed by atoms with van der Waals surface area (Å²) >= 11 is 0. The minimum atomic E-state index is -0.146. The molecule has 4 aromatic rings. The molecular formula is C25H23N5O3. The molecule has 5 heterocycles. The predicted octanol–water partition coefficient (Wildman–Crippen LogP) is 3.72. The first kappa shape index (κ1) is 20.0. The number of carbonyl (C=O) groups is 1. The van der Waals surface area contributed by atoms with Crippen LogP contribution in [0.2, 0.25) is 0 Å². The minimum absolute atomic E-state index is 0.0473. The molecule has 0 bridgehead atoms. The Kier molecular flexibility index (Phi) is 4.87. The molecule has 0 radical (unpaired) electrons. The SMILES string of the molecule is O=C(c1ccc2ccccc2n1)N1CC(c2nnc(-c3ccncc3)o2)C2(CCOCC2)C1. The summed E-state index contributed by atoms with van der Waals surface area (Å²) in [4.78, 5) is 24.0. The van der Waals surface area contributed by atoms with E-state index in [1.54, 1.807) is 12.4 Å². The number of amides is 1. The van der Waals surface area contributed by atoms with Crippen molar-refractivity contribution in [1.82, 2.24) is 25.1 Å². The van der Waals surface area contributed by atoms with Crippen LogP contribution in [0.5, 0.6) is 0 Å². The molecule has 1 atom stereocenters. The first-order valence-electron chi connectivity index (χ1n) is 11.2. The summed E-state index contributed by atoms with van der Waals surface area (Å²) in [7, 11) is 0. The van der Waals surface area contributed by atoms with Crippen molar-refractivity contribution in [2.75, 3.05) is 26.3 Å². The van der Waals surface area contributed by atoms with E-state index in [1.165, 1.54) is 0 Å². The molecule has 0 N–H and O–H groups in total. The number of rotatable bonds is 3. The second kappa shape index (κ2) is 8.04. The average molecular weight is 441 g/mol. The van der Waals surface area contributed by atoms with Crippen LogP contribution in [0.3, 0.4) is 0 Å². The van der Waals surface area contributed by atoms with Gasteiger partial charge in [-0.05, 0) is 37.1 Å². The molecule has 6 rings (SSSR count). The van der Waals surface area contributed by atoms with Crippen molar-refractivity contribution in [2.45, 2.75) is 18.8 Å². The van der Waals surface area contributed by atoms with Crippen LogP contribution in [0.25, 0.3) is 22.4 Å². The van der Waals surface area contributed by atoms with Gasteiger partial charge in [-0.2, -0.15) is 0 Å². The third-order valence-corrected chi connectivity index (χ3v) is 6.91. The van der Waals surface area contributed by atoms with Crippen LogP contribution in [0, 0.1) is 5.41 Å². The van der Waals surface area contributed by atoms with E-state index in [0.29, 0.717) is 43.8 Å². The lowest BCUT2D eigenvalue weighted by molar-refractivity contribution is 0.00905. The Bertz CT molecular complexity index is 1300. The first-order chi connectivity index (χ1) is 16.2. The fraction of sp³-hybridized carbons (Fsp3) is 0.320. The summed E-state index contributed by atoms with van der Waals surface area (Å²) in [6.45, 7) is 2.48. The van der Waals surface area contributed by atoms with Crippen molar-refractivity contribution < 1.29 is 13.9 Å². The number of benzene rings is 1. The topological polar surface area (TPSA) is 94.2 Å². The number of hydrogen-bond donors (Lipinski definition) is 0. The maximum absolute atomic E-state index is 13.5. The number of likely N-dealkylation sites (tertiary alicyclic amines) is 1. The van der Waals surface area contributed by atoms with Gasteiger partial charge in [-0.15, -0.1) is 10.2 Å². The Balaban J connectivity index is 1.32. The smallest absolute Gasteiger partial charge is 0.272 e. The van der Waals surface area contributed by atoms with Gasteiger partial charge in [0.1, 0.15) is 5.69 Å². The van der Waals surface area contributed by atoms with Crippen molar-refractivity contribution >= 4 is 16.8 Å². The van der Waals surface area contributed by atoms with E-state index in [1.807, 2.05) is 53.4 Å². The van der Waals surface area contributed by atoms with E-state index >= 15 is 0 Å². The van der Waals surface area contributed by atoms with Gasteiger partial charge < -0.3 is 14.1 Å². The molecule has 33 heavy (non-hydrogen) atoms. The highest BCUT2D eigenvalue weighted by atomic mass is 16.5. The third kappa shape index (κ3) is 3.56. The van der Waals surface area contributed by atoms with Crippen molar-refractivity contribution in [2.24, 2.45) is 5.41 Å². The normalized spacial score (nSPS) is 19.9. The molecule has 8 heteroatoms. The molecule has 166 valence electrons. The van der Waals surface area contributed by atoms with Gasteiger partial charge in [-0.3, -0.25) is 9.78 Å². The Labute approximate surface area is 190 Å². The van der Waals surface area contributed by atoms with Crippen LogP contribution >= 0.6 is 0 Å². The monoisotopic (exact) mass is 441 g/mol. The number of fused-ring (bicyclic) bond motifs is 1. The van der Waals surface area contributed by atoms with E-state index in [4.69, 9.17) is 9.15 Å². The fourth-order valence-corrected chi connectivity index (χ4v) is 5.08. The molecule has 1 spiro atoms. The summed E-state index contributed by atoms with van der Waals surface area (Å²) in [5.41, 5.74) is 1.96. The molecule has 1 amide bonds. The van der Waals surface area contributed by atoms with Crippen LogP contribution in [0.15, 0.2) is 65.3 Å². The number of carbonyl (C=O) groups excluding carboxylic acids is 1. The Hall–Kier alpha value is -3.65. The molecule has 2 fully saturated rings. The Morgan fingerprint density at radius 1 is 1.00 bits per heavy atom. The van der Waals surface area contributed by atoms with E-state index in [0.717, 1.165) is 29.3 Å². The van der Waals surface area contributed by atoms with Crippen LogP contribution in [-0.2, 0) is 4.74 Å². The first-order valence-corrected chi connectivity index (χ1v) is 11.2. The minimum Gasteiger partial charge on any atom is -0.420 e. The van der Waals surface area contributed by atoms with E-state index in [2.05, 4.69) is 20.2 Å². The van der Waals surface area contributed by atoms with Crippen LogP contribution in [-0.4, -0.2) is 57.3 Å². The highest BCUT2D eigenvalue weighted by Crippen LogP contribution is 2.49. The second-order valence-electron chi connectivity index (χ2n) is 8.78. The number of pyridine rings is 2. The lowest BCUT2D eigenvalue weighted by atomic mass is 9.72. The zero-order chi connectivity index (χ0) is 22.3. The largest absolute Gasteiger partial charge is 0.420 e. The lowest BCUT2D eigenvalue weighted by Crippen LogP contribution is -2.37. The van der Waals surface area contributed by atoms with E-state index < -0.39 is 0 Å².